The van der Waals surface area contributed by atoms with Gasteiger partial charge in [0.25, 0.3) is 0 Å². The topological polar surface area (TPSA) is 95.2 Å². The lowest BCUT2D eigenvalue weighted by Gasteiger charge is -2.26. The lowest BCUT2D eigenvalue weighted by atomic mass is 10.2. The summed E-state index contributed by atoms with van der Waals surface area (Å²) in [6, 6.07) is 6.40. The van der Waals surface area contributed by atoms with Crippen molar-refractivity contribution in [3.63, 3.8) is 0 Å². The zero-order valence-electron chi connectivity index (χ0n) is 13.2. The lowest BCUT2D eigenvalue weighted by Crippen LogP contribution is -2.35. The van der Waals surface area contributed by atoms with Crippen molar-refractivity contribution in [2.75, 3.05) is 18.4 Å². The van der Waals surface area contributed by atoms with Crippen molar-refractivity contribution in [3.05, 3.63) is 42.2 Å². The van der Waals surface area contributed by atoms with Crippen molar-refractivity contribution in [2.24, 2.45) is 0 Å². The maximum Gasteiger partial charge on any atom is 0.243 e. The van der Waals surface area contributed by atoms with Crippen molar-refractivity contribution in [3.8, 4) is 0 Å². The fraction of sp³-hybridized carbons (Fsp3) is 0.375. The van der Waals surface area contributed by atoms with Gasteiger partial charge in [0.05, 0.1) is 17.5 Å². The summed E-state index contributed by atoms with van der Waals surface area (Å²) in [4.78, 5) is 12.2. The van der Waals surface area contributed by atoms with E-state index < -0.39 is 10.0 Å². The quantitative estimate of drug-likeness (QED) is 0.861. The van der Waals surface area contributed by atoms with Gasteiger partial charge < -0.3 is 5.32 Å². The molecule has 0 bridgehead atoms. The Kier molecular flexibility index (Phi) is 4.96. The highest BCUT2D eigenvalue weighted by Crippen LogP contribution is 2.22. The summed E-state index contributed by atoms with van der Waals surface area (Å²) in [5.41, 5.74) is 1.24. The molecule has 1 saturated heterocycles. The van der Waals surface area contributed by atoms with E-state index in [1.165, 1.54) is 10.4 Å². The number of benzene rings is 1. The monoisotopic (exact) mass is 348 g/mol. The third kappa shape index (κ3) is 3.82. The van der Waals surface area contributed by atoms with Crippen LogP contribution in [0, 0.1) is 0 Å². The first-order valence-electron chi connectivity index (χ1n) is 7.93. The van der Waals surface area contributed by atoms with E-state index in [1.54, 1.807) is 30.6 Å². The normalized spacial score (nSPS) is 16.0. The van der Waals surface area contributed by atoms with Gasteiger partial charge in [-0.1, -0.05) is 12.5 Å². The number of aromatic amines is 1. The molecule has 2 N–H and O–H groups in total. The van der Waals surface area contributed by atoms with Crippen LogP contribution in [0.1, 0.15) is 24.8 Å². The minimum absolute atomic E-state index is 0.180. The van der Waals surface area contributed by atoms with E-state index in [1.807, 2.05) is 0 Å². The second kappa shape index (κ2) is 7.14. The molecule has 128 valence electrons. The van der Waals surface area contributed by atoms with Gasteiger partial charge in [0.15, 0.2) is 0 Å². The molecule has 24 heavy (non-hydrogen) atoms. The van der Waals surface area contributed by atoms with Crippen LogP contribution in [-0.2, 0) is 21.2 Å². The Morgan fingerprint density at radius 1 is 1.25 bits per heavy atom. The number of sulfonamides is 1. The van der Waals surface area contributed by atoms with Crippen LogP contribution in [0.2, 0.25) is 0 Å². The summed E-state index contributed by atoms with van der Waals surface area (Å²) in [5, 5.41) is 9.17. The Hall–Kier alpha value is -2.19. The van der Waals surface area contributed by atoms with Gasteiger partial charge >= 0.3 is 0 Å². The van der Waals surface area contributed by atoms with Crippen molar-refractivity contribution in [1.29, 1.82) is 0 Å². The van der Waals surface area contributed by atoms with Crippen LogP contribution in [0.4, 0.5) is 5.69 Å². The summed E-state index contributed by atoms with van der Waals surface area (Å²) < 4.78 is 26.9. The van der Waals surface area contributed by atoms with Gasteiger partial charge in [-0.2, -0.15) is 9.40 Å². The van der Waals surface area contributed by atoms with Crippen LogP contribution in [0.15, 0.2) is 41.6 Å². The Balaban J connectivity index is 1.72. The zero-order valence-corrected chi connectivity index (χ0v) is 14.1. The third-order valence-electron chi connectivity index (χ3n) is 3.99. The van der Waals surface area contributed by atoms with Crippen molar-refractivity contribution < 1.29 is 13.2 Å². The summed E-state index contributed by atoms with van der Waals surface area (Å²) in [6.45, 7) is 1.11. The number of hydrogen-bond donors (Lipinski definition) is 2. The molecule has 3 rings (SSSR count). The van der Waals surface area contributed by atoms with Gasteiger partial charge in [-0.15, -0.1) is 0 Å². The molecule has 0 saturated carbocycles. The van der Waals surface area contributed by atoms with Crippen LogP contribution < -0.4 is 5.32 Å². The highest BCUT2D eigenvalue weighted by molar-refractivity contribution is 7.89. The van der Waals surface area contributed by atoms with E-state index in [0.29, 0.717) is 18.8 Å². The molecular weight excluding hydrogens is 328 g/mol. The standard InChI is InChI=1S/C16H20N4O3S/c21-16(9-13-11-17-18-12-13)19-14-5-4-6-15(10-14)24(22,23)20-7-2-1-3-8-20/h4-6,10-12H,1-3,7-9H2,(H,17,18)(H,19,21). The largest absolute Gasteiger partial charge is 0.326 e. The number of H-pyrrole nitrogens is 1. The number of aromatic nitrogens is 2. The number of hydrogen-bond acceptors (Lipinski definition) is 4. The second-order valence-electron chi connectivity index (χ2n) is 5.82. The molecule has 0 spiro atoms. The van der Waals surface area contributed by atoms with Gasteiger partial charge in [-0.25, -0.2) is 8.42 Å². The molecule has 1 aromatic carbocycles. The highest BCUT2D eigenvalue weighted by atomic mass is 32.2. The summed E-state index contributed by atoms with van der Waals surface area (Å²) in [6.07, 6.45) is 6.25. The molecule has 0 atom stereocenters. The Labute approximate surface area is 141 Å². The van der Waals surface area contributed by atoms with Gasteiger partial charge in [0.2, 0.25) is 15.9 Å². The number of rotatable bonds is 5. The Bertz CT molecular complexity index is 796. The predicted octanol–water partition coefficient (Wildman–Crippen LogP) is 1.77. The van der Waals surface area contributed by atoms with E-state index in [-0.39, 0.29) is 17.2 Å². The number of carbonyl (C=O) groups is 1. The van der Waals surface area contributed by atoms with Gasteiger partial charge in [-0.05, 0) is 36.6 Å². The fourth-order valence-electron chi connectivity index (χ4n) is 2.75. The molecule has 7 nitrogen and oxygen atoms in total. The summed E-state index contributed by atoms with van der Waals surface area (Å²) in [7, 11) is -3.50. The average Bonchev–Trinajstić information content (AvgIpc) is 3.08. The zero-order chi connectivity index (χ0) is 17.0. The number of nitrogens with zero attached hydrogens (tertiary/aromatic N) is 2. The van der Waals surface area contributed by atoms with Crippen molar-refractivity contribution >= 4 is 21.6 Å². The maximum absolute atomic E-state index is 12.7. The first kappa shape index (κ1) is 16.7. The molecular formula is C16H20N4O3S. The number of carbonyl (C=O) groups excluding carboxylic acids is 1. The molecule has 1 amide bonds. The fourth-order valence-corrected chi connectivity index (χ4v) is 4.32. The molecule has 1 aliphatic heterocycles. The molecule has 0 radical (unpaired) electrons. The molecule has 8 heteroatoms. The van der Waals surface area contributed by atoms with Crippen LogP contribution in [0.5, 0.6) is 0 Å². The number of amides is 1. The van der Waals surface area contributed by atoms with Gasteiger partial charge in [0, 0.05) is 25.0 Å². The minimum atomic E-state index is -3.50. The van der Waals surface area contributed by atoms with E-state index >= 15 is 0 Å². The minimum Gasteiger partial charge on any atom is -0.326 e. The molecule has 2 aromatic rings. The van der Waals surface area contributed by atoms with Gasteiger partial charge in [0.1, 0.15) is 0 Å². The smallest absolute Gasteiger partial charge is 0.243 e. The molecule has 1 fully saturated rings. The molecule has 2 heterocycles. The van der Waals surface area contributed by atoms with E-state index in [0.717, 1.165) is 24.8 Å². The van der Waals surface area contributed by atoms with E-state index in [4.69, 9.17) is 0 Å². The average molecular weight is 348 g/mol. The van der Waals surface area contributed by atoms with Crippen LogP contribution in [-0.4, -0.2) is 41.9 Å². The van der Waals surface area contributed by atoms with Crippen molar-refractivity contribution in [1.82, 2.24) is 14.5 Å². The van der Waals surface area contributed by atoms with Crippen LogP contribution in [0.3, 0.4) is 0 Å². The highest BCUT2D eigenvalue weighted by Gasteiger charge is 2.26. The number of nitrogens with one attached hydrogen (secondary N) is 2. The summed E-state index contributed by atoms with van der Waals surface area (Å²) >= 11 is 0. The number of anilines is 1. The van der Waals surface area contributed by atoms with E-state index in [9.17, 15) is 13.2 Å². The van der Waals surface area contributed by atoms with Gasteiger partial charge in [-0.3, -0.25) is 9.89 Å². The molecule has 1 aromatic heterocycles. The maximum atomic E-state index is 12.7. The van der Waals surface area contributed by atoms with E-state index in [2.05, 4.69) is 15.5 Å². The number of piperidine rings is 1. The van der Waals surface area contributed by atoms with Crippen LogP contribution in [0.25, 0.3) is 0 Å². The first-order chi connectivity index (χ1) is 11.6. The lowest BCUT2D eigenvalue weighted by molar-refractivity contribution is -0.115. The summed E-state index contributed by atoms with van der Waals surface area (Å²) in [5.74, 6) is -0.219. The molecule has 0 unspecified atom stereocenters. The predicted molar refractivity (Wildman–Crippen MR) is 90.0 cm³/mol. The molecule has 0 aliphatic carbocycles. The van der Waals surface area contributed by atoms with Crippen LogP contribution >= 0.6 is 0 Å². The third-order valence-corrected chi connectivity index (χ3v) is 5.88. The Morgan fingerprint density at radius 2 is 2.04 bits per heavy atom. The Morgan fingerprint density at radius 3 is 2.75 bits per heavy atom. The second-order valence-corrected chi connectivity index (χ2v) is 7.76. The first-order valence-corrected chi connectivity index (χ1v) is 9.37. The SMILES string of the molecule is O=C(Cc1cn[nH]c1)Nc1cccc(S(=O)(=O)N2CCCCC2)c1. The van der Waals surface area contributed by atoms with Crippen molar-refractivity contribution in [2.45, 2.75) is 30.6 Å². The molecule has 1 aliphatic rings.